The van der Waals surface area contributed by atoms with Gasteiger partial charge in [0.25, 0.3) is 10.0 Å². The molecule has 4 aromatic rings. The number of sulfonamides is 1. The summed E-state index contributed by atoms with van der Waals surface area (Å²) in [5, 5.41) is 12.4. The lowest BCUT2D eigenvalue weighted by molar-refractivity contribution is -0.142. The Morgan fingerprint density at radius 3 is 2.12 bits per heavy atom. The largest absolute Gasteiger partial charge is 0.477 e. The lowest BCUT2D eigenvalue weighted by Gasteiger charge is -2.31. The van der Waals surface area contributed by atoms with Gasteiger partial charge in [-0.25, -0.2) is 22.7 Å². The van der Waals surface area contributed by atoms with Crippen LogP contribution in [0.1, 0.15) is 21.6 Å². The molecule has 3 aromatic heterocycles. The summed E-state index contributed by atoms with van der Waals surface area (Å²) in [5.74, 6) is -1.54. The first-order chi connectivity index (χ1) is 19.9. The summed E-state index contributed by atoms with van der Waals surface area (Å²) in [5.41, 5.74) is 2.12. The quantitative estimate of drug-likeness (QED) is 0.288. The van der Waals surface area contributed by atoms with Crippen LogP contribution in [-0.4, -0.2) is 76.5 Å². The Kier molecular flexibility index (Phi) is 8.99. The molecule has 10 nitrogen and oxygen atoms in total. The molecule has 3 N–H and O–H groups in total. The van der Waals surface area contributed by atoms with Gasteiger partial charge in [0.1, 0.15) is 14.1 Å². The fourth-order valence-corrected chi connectivity index (χ4v) is 7.08. The molecule has 1 fully saturated rings. The number of carboxylic acid groups (broad SMARTS) is 1. The Labute approximate surface area is 249 Å². The van der Waals surface area contributed by atoms with Crippen LogP contribution < -0.4 is 5.73 Å². The second-order valence-electron chi connectivity index (χ2n) is 9.20. The lowest BCUT2D eigenvalue weighted by Crippen LogP contribution is -2.46. The van der Waals surface area contributed by atoms with Crippen molar-refractivity contribution >= 4 is 50.3 Å². The average Bonchev–Trinajstić information content (AvgIpc) is 3.51. The van der Waals surface area contributed by atoms with E-state index in [9.17, 15) is 39.6 Å². The first-order valence-corrected chi connectivity index (χ1v) is 14.6. The number of nitrogens with two attached hydrogens (primary N) is 1. The predicted octanol–water partition coefficient (Wildman–Crippen LogP) is 5.05. The van der Waals surface area contributed by atoms with Crippen molar-refractivity contribution in [1.29, 1.82) is 0 Å². The lowest BCUT2D eigenvalue weighted by atomic mass is 10.1. The number of aromatic nitrogens is 3. The minimum absolute atomic E-state index is 0.0384. The topological polar surface area (TPSA) is 134 Å². The maximum atomic E-state index is 13.3. The molecule has 1 aromatic carbocycles. The van der Waals surface area contributed by atoms with Gasteiger partial charge in [-0.05, 0) is 31.3 Å². The highest BCUT2D eigenvalue weighted by molar-refractivity contribution is 7.91. The number of thiophene rings is 1. The number of halogens is 7. The molecule has 1 aliphatic rings. The molecule has 0 spiro atoms. The van der Waals surface area contributed by atoms with Crippen molar-refractivity contribution in [1.82, 2.24) is 23.8 Å². The third-order valence-corrected chi connectivity index (χ3v) is 9.98. The van der Waals surface area contributed by atoms with E-state index in [0.717, 1.165) is 42.8 Å². The van der Waals surface area contributed by atoms with Gasteiger partial charge in [-0.15, -0.1) is 11.3 Å². The Bertz CT molecular complexity index is 1730. The first-order valence-electron chi connectivity index (χ1n) is 12.0. The number of anilines is 1. The zero-order valence-electron chi connectivity index (χ0n) is 21.8. The molecular weight excluding hydrogens is 650 g/mol. The monoisotopic (exact) mass is 670 g/mol. The number of piperazine rings is 1. The van der Waals surface area contributed by atoms with Crippen LogP contribution in [0.3, 0.4) is 0 Å². The van der Waals surface area contributed by atoms with Crippen molar-refractivity contribution in [2.45, 2.75) is 16.6 Å². The van der Waals surface area contributed by atoms with Crippen LogP contribution in [0, 0.1) is 0 Å². The summed E-state index contributed by atoms with van der Waals surface area (Å²) in [6.45, 7) is 2.50. The van der Waals surface area contributed by atoms with Gasteiger partial charge < -0.3 is 15.7 Å². The molecule has 0 atom stereocenters. The van der Waals surface area contributed by atoms with Crippen molar-refractivity contribution in [3.8, 4) is 11.3 Å². The van der Waals surface area contributed by atoms with Crippen LogP contribution in [0.15, 0.2) is 46.8 Å². The van der Waals surface area contributed by atoms with Crippen LogP contribution in [0.2, 0.25) is 4.34 Å². The number of aromatic carboxylic acids is 1. The maximum absolute atomic E-state index is 13.3. The van der Waals surface area contributed by atoms with Gasteiger partial charge in [0.15, 0.2) is 11.3 Å². The Balaban J connectivity index is 0.000000215. The maximum Gasteiger partial charge on any atom is 0.433 e. The normalized spacial score (nSPS) is 15.3. The van der Waals surface area contributed by atoms with Crippen molar-refractivity contribution in [3.63, 3.8) is 0 Å². The van der Waals surface area contributed by atoms with E-state index in [1.54, 1.807) is 0 Å². The van der Waals surface area contributed by atoms with Gasteiger partial charge in [-0.2, -0.15) is 35.7 Å². The molecule has 0 bridgehead atoms. The summed E-state index contributed by atoms with van der Waals surface area (Å²) in [6.07, 6.45) is -8.77. The van der Waals surface area contributed by atoms with Crippen LogP contribution in [-0.2, 0) is 22.4 Å². The first kappa shape index (κ1) is 32.5. The molecule has 232 valence electrons. The number of rotatable bonds is 4. The molecule has 4 heterocycles. The highest BCUT2D eigenvalue weighted by atomic mass is 35.5. The molecule has 43 heavy (non-hydrogen) atoms. The number of carboxylic acids is 1. The van der Waals surface area contributed by atoms with Gasteiger partial charge >= 0.3 is 18.3 Å². The number of carbonyl (C=O) groups is 1. The van der Waals surface area contributed by atoms with Crippen LogP contribution >= 0.6 is 22.9 Å². The number of likely N-dealkylation sites (N-methyl/N-ethyl adjacent to an activating group) is 1. The fourth-order valence-electron chi connectivity index (χ4n) is 3.94. The number of benzene rings is 1. The van der Waals surface area contributed by atoms with Crippen molar-refractivity contribution in [2.75, 3.05) is 39.0 Å². The molecule has 19 heteroatoms. The van der Waals surface area contributed by atoms with E-state index in [4.69, 9.17) is 22.4 Å². The van der Waals surface area contributed by atoms with E-state index in [1.165, 1.54) is 10.4 Å². The Morgan fingerprint density at radius 1 is 1.02 bits per heavy atom. The summed E-state index contributed by atoms with van der Waals surface area (Å²) in [7, 11) is -1.45. The van der Waals surface area contributed by atoms with Crippen molar-refractivity contribution < 1.29 is 44.7 Å². The van der Waals surface area contributed by atoms with E-state index < -0.39 is 50.8 Å². The molecular formula is C24H21ClF6N6O4S2. The van der Waals surface area contributed by atoms with Crippen molar-refractivity contribution in [2.24, 2.45) is 0 Å². The van der Waals surface area contributed by atoms with E-state index in [-0.39, 0.29) is 15.5 Å². The van der Waals surface area contributed by atoms with Crippen LogP contribution in [0.4, 0.5) is 32.0 Å². The molecule has 0 saturated carbocycles. The minimum Gasteiger partial charge on any atom is -0.477 e. The predicted molar refractivity (Wildman–Crippen MR) is 145 cm³/mol. The molecule has 5 rings (SSSR count). The van der Waals surface area contributed by atoms with Gasteiger partial charge in [-0.1, -0.05) is 23.7 Å². The number of nitrogen functional groups attached to an aromatic ring is 1. The molecule has 0 aliphatic carbocycles. The number of nitrogens with zero attached hydrogens (tertiary/aromatic N) is 5. The standard InChI is InChI=1S/C15H7F6N3O2.C9H14ClN3O2S2/c16-14(17,18)8-3-1-7(2-4-8)10-5-11(15(19,20)21)24-12(23-10)9(6-22-24)13(25)26;1-12-2-4-13(5-3-12)17(14,15)8-6-7(11)9(10)16-8/h1-6H,(H,25,26);6H,2-5,11H2,1H3. The molecule has 1 saturated heterocycles. The van der Waals surface area contributed by atoms with E-state index in [1.807, 2.05) is 7.05 Å². The summed E-state index contributed by atoms with van der Waals surface area (Å²) < 4.78 is 105. The van der Waals surface area contributed by atoms with Gasteiger partial charge in [-0.3, -0.25) is 0 Å². The van der Waals surface area contributed by atoms with Crippen molar-refractivity contribution in [3.05, 3.63) is 63.8 Å². The molecule has 1 aliphatic heterocycles. The third-order valence-electron chi connectivity index (χ3n) is 6.25. The van der Waals surface area contributed by atoms with Crippen LogP contribution in [0.5, 0.6) is 0 Å². The molecule has 0 radical (unpaired) electrons. The smallest absolute Gasteiger partial charge is 0.433 e. The number of alkyl halides is 6. The van der Waals surface area contributed by atoms with E-state index in [0.29, 0.717) is 45.8 Å². The van der Waals surface area contributed by atoms with Gasteiger partial charge in [0.05, 0.1) is 23.1 Å². The van der Waals surface area contributed by atoms with Gasteiger partial charge in [0.2, 0.25) is 0 Å². The zero-order chi connectivity index (χ0) is 31.9. The SMILES string of the molecule is CN1CCN(S(=O)(=O)c2cc(N)c(Cl)s2)CC1.O=C(O)c1cnn2c(C(F)(F)F)cc(-c3ccc(C(F)(F)F)cc3)nc12. The zero-order valence-corrected chi connectivity index (χ0v) is 24.2. The summed E-state index contributed by atoms with van der Waals surface area (Å²) in [4.78, 5) is 17.1. The number of hydrogen-bond acceptors (Lipinski definition) is 8. The minimum atomic E-state index is -4.89. The molecule has 0 unspecified atom stereocenters. The number of hydrogen-bond donors (Lipinski definition) is 2. The fraction of sp³-hybridized carbons (Fsp3) is 0.292. The van der Waals surface area contributed by atoms with E-state index in [2.05, 4.69) is 15.0 Å². The van der Waals surface area contributed by atoms with E-state index >= 15 is 0 Å². The molecule has 0 amide bonds. The highest BCUT2D eigenvalue weighted by Gasteiger charge is 2.36. The summed E-state index contributed by atoms with van der Waals surface area (Å²) in [6, 6.07) is 5.33. The number of fused-ring (bicyclic) bond motifs is 1. The highest BCUT2D eigenvalue weighted by Crippen LogP contribution is 2.36. The second kappa shape index (κ2) is 11.9. The Hall–Kier alpha value is -3.45. The third kappa shape index (κ3) is 7.04. The second-order valence-corrected chi connectivity index (χ2v) is 13.0. The van der Waals surface area contributed by atoms with Gasteiger partial charge in [0, 0.05) is 31.7 Å². The summed E-state index contributed by atoms with van der Waals surface area (Å²) >= 11 is 6.81. The van der Waals surface area contributed by atoms with Crippen LogP contribution in [0.25, 0.3) is 16.9 Å². The Morgan fingerprint density at radius 2 is 1.63 bits per heavy atom. The average molecular weight is 671 g/mol.